The van der Waals surface area contributed by atoms with Crippen LogP contribution in [0.25, 0.3) is 0 Å². The summed E-state index contributed by atoms with van der Waals surface area (Å²) < 4.78 is 6.11. The maximum absolute atomic E-state index is 11.4. The topological polar surface area (TPSA) is 97.6 Å². The van der Waals surface area contributed by atoms with Crippen molar-refractivity contribution in [3.05, 3.63) is 34.2 Å². The molecule has 0 aliphatic heterocycles. The molecule has 1 heterocycles. The number of nitrogens with one attached hydrogen (secondary N) is 1. The first kappa shape index (κ1) is 13.9. The fourth-order valence-electron chi connectivity index (χ4n) is 1.30. The second-order valence-electron chi connectivity index (χ2n) is 3.54. The van der Waals surface area contributed by atoms with Crippen molar-refractivity contribution < 1.29 is 19.4 Å². The zero-order chi connectivity index (χ0) is 13.5. The molecule has 0 aromatic carbocycles. The number of carbonyl (C=O) groups is 2. The number of carbonyl (C=O) groups excluding carboxylic acids is 1. The van der Waals surface area contributed by atoms with Crippen LogP contribution in [0.3, 0.4) is 0 Å². The molecule has 2 N–H and O–H groups in total. The Hall–Kier alpha value is -2.15. The molecule has 0 aliphatic rings. The SMILES string of the molecule is COCCNC(=O)Cn1ccc(=O)c(C(=O)O)c1. The van der Waals surface area contributed by atoms with Crippen molar-refractivity contribution in [2.75, 3.05) is 20.3 Å². The van der Waals surface area contributed by atoms with Gasteiger partial charge in [0.2, 0.25) is 5.91 Å². The molecule has 1 amide bonds. The standard InChI is InChI=1S/C11H14N2O5/c1-18-5-3-12-10(15)7-13-4-2-9(14)8(6-13)11(16)17/h2,4,6H,3,5,7H2,1H3,(H,12,15)(H,16,17). The van der Waals surface area contributed by atoms with Gasteiger partial charge in [0.25, 0.3) is 0 Å². The molecule has 7 heteroatoms. The Morgan fingerprint density at radius 3 is 2.83 bits per heavy atom. The smallest absolute Gasteiger partial charge is 0.341 e. The molecule has 0 radical (unpaired) electrons. The summed E-state index contributed by atoms with van der Waals surface area (Å²) in [5, 5.41) is 11.4. The molecule has 0 spiro atoms. The minimum Gasteiger partial charge on any atom is -0.477 e. The van der Waals surface area contributed by atoms with Crippen LogP contribution in [0.15, 0.2) is 23.3 Å². The third kappa shape index (κ3) is 4.02. The van der Waals surface area contributed by atoms with Crippen LogP contribution < -0.4 is 10.7 Å². The minimum absolute atomic E-state index is 0.0513. The van der Waals surface area contributed by atoms with E-state index in [1.807, 2.05) is 0 Å². The van der Waals surface area contributed by atoms with Gasteiger partial charge in [-0.1, -0.05) is 0 Å². The van der Waals surface area contributed by atoms with E-state index in [2.05, 4.69) is 5.32 Å². The van der Waals surface area contributed by atoms with Crippen molar-refractivity contribution in [1.82, 2.24) is 9.88 Å². The van der Waals surface area contributed by atoms with Crippen molar-refractivity contribution >= 4 is 11.9 Å². The summed E-state index contributed by atoms with van der Waals surface area (Å²) in [6.07, 6.45) is 2.51. The van der Waals surface area contributed by atoms with E-state index in [1.165, 1.54) is 17.9 Å². The fourth-order valence-corrected chi connectivity index (χ4v) is 1.30. The van der Waals surface area contributed by atoms with Crippen molar-refractivity contribution in [3.63, 3.8) is 0 Å². The van der Waals surface area contributed by atoms with Gasteiger partial charge in [0.1, 0.15) is 12.1 Å². The summed E-state index contributed by atoms with van der Waals surface area (Å²) in [6, 6.07) is 1.12. The van der Waals surface area contributed by atoms with Crippen LogP contribution in [0.1, 0.15) is 10.4 Å². The highest BCUT2D eigenvalue weighted by molar-refractivity contribution is 5.87. The van der Waals surface area contributed by atoms with Gasteiger partial charge in [-0.2, -0.15) is 0 Å². The van der Waals surface area contributed by atoms with Gasteiger partial charge in [-0.3, -0.25) is 9.59 Å². The molecule has 0 bridgehead atoms. The van der Waals surface area contributed by atoms with E-state index in [0.717, 1.165) is 12.3 Å². The first-order chi connectivity index (χ1) is 8.54. The van der Waals surface area contributed by atoms with E-state index < -0.39 is 11.4 Å². The van der Waals surface area contributed by atoms with Crippen molar-refractivity contribution in [2.24, 2.45) is 0 Å². The van der Waals surface area contributed by atoms with Gasteiger partial charge in [-0.15, -0.1) is 0 Å². The molecule has 1 rings (SSSR count). The van der Waals surface area contributed by atoms with E-state index in [-0.39, 0.29) is 18.0 Å². The molecule has 0 fully saturated rings. The third-order valence-corrected chi connectivity index (χ3v) is 2.16. The van der Waals surface area contributed by atoms with Crippen LogP contribution in [0.2, 0.25) is 0 Å². The first-order valence-electron chi connectivity index (χ1n) is 5.23. The van der Waals surface area contributed by atoms with Crippen LogP contribution in [0, 0.1) is 0 Å². The summed E-state index contributed by atoms with van der Waals surface area (Å²) in [5.74, 6) is -1.60. The third-order valence-electron chi connectivity index (χ3n) is 2.16. The van der Waals surface area contributed by atoms with E-state index in [1.54, 1.807) is 0 Å². The number of nitrogens with zero attached hydrogens (tertiary/aromatic N) is 1. The molecular weight excluding hydrogens is 240 g/mol. The Morgan fingerprint density at radius 1 is 1.50 bits per heavy atom. The molecular formula is C11H14N2O5. The van der Waals surface area contributed by atoms with Gasteiger partial charge in [0.05, 0.1) is 6.61 Å². The van der Waals surface area contributed by atoms with E-state index in [0.29, 0.717) is 13.2 Å². The molecule has 0 unspecified atom stereocenters. The molecule has 0 aliphatic carbocycles. The lowest BCUT2D eigenvalue weighted by Gasteiger charge is -2.07. The lowest BCUT2D eigenvalue weighted by Crippen LogP contribution is -2.31. The summed E-state index contributed by atoms with van der Waals surface area (Å²) in [4.78, 5) is 33.4. The van der Waals surface area contributed by atoms with Gasteiger partial charge in [0.15, 0.2) is 5.43 Å². The van der Waals surface area contributed by atoms with Crippen LogP contribution in [-0.2, 0) is 16.1 Å². The summed E-state index contributed by atoms with van der Waals surface area (Å²) >= 11 is 0. The second-order valence-corrected chi connectivity index (χ2v) is 3.54. The Labute approximate surface area is 103 Å². The molecule has 0 saturated heterocycles. The molecule has 98 valence electrons. The summed E-state index contributed by atoms with van der Waals surface area (Å²) in [6.45, 7) is 0.724. The van der Waals surface area contributed by atoms with Crippen LogP contribution in [-0.4, -0.2) is 41.8 Å². The maximum Gasteiger partial charge on any atom is 0.341 e. The maximum atomic E-state index is 11.4. The number of aromatic nitrogens is 1. The Morgan fingerprint density at radius 2 is 2.22 bits per heavy atom. The van der Waals surface area contributed by atoms with Crippen LogP contribution >= 0.6 is 0 Å². The number of methoxy groups -OCH3 is 1. The van der Waals surface area contributed by atoms with Gasteiger partial charge in [-0.25, -0.2) is 4.79 Å². The minimum atomic E-state index is -1.31. The van der Waals surface area contributed by atoms with E-state index in [4.69, 9.17) is 9.84 Å². The van der Waals surface area contributed by atoms with Gasteiger partial charge in [0, 0.05) is 32.1 Å². The Kier molecular flexibility index (Phi) is 5.06. The second kappa shape index (κ2) is 6.55. The molecule has 7 nitrogen and oxygen atoms in total. The average molecular weight is 254 g/mol. The number of carboxylic acid groups (broad SMARTS) is 1. The zero-order valence-electron chi connectivity index (χ0n) is 9.88. The largest absolute Gasteiger partial charge is 0.477 e. The normalized spacial score (nSPS) is 10.1. The van der Waals surface area contributed by atoms with Gasteiger partial charge >= 0.3 is 5.97 Å². The summed E-state index contributed by atoms with van der Waals surface area (Å²) in [7, 11) is 1.52. The highest BCUT2D eigenvalue weighted by atomic mass is 16.5. The van der Waals surface area contributed by atoms with Crippen LogP contribution in [0.5, 0.6) is 0 Å². The van der Waals surface area contributed by atoms with Gasteiger partial charge in [-0.05, 0) is 0 Å². The molecule has 1 aromatic heterocycles. The number of hydrogen-bond acceptors (Lipinski definition) is 4. The van der Waals surface area contributed by atoms with Crippen molar-refractivity contribution in [3.8, 4) is 0 Å². The molecule has 1 aromatic rings. The molecule has 0 atom stereocenters. The number of aromatic carboxylic acids is 1. The molecule has 0 saturated carbocycles. The number of pyridine rings is 1. The monoisotopic (exact) mass is 254 g/mol. The van der Waals surface area contributed by atoms with Crippen molar-refractivity contribution in [1.29, 1.82) is 0 Å². The summed E-state index contributed by atoms with van der Waals surface area (Å²) in [5.41, 5.74) is -0.944. The number of ether oxygens (including phenoxy) is 1. The number of rotatable bonds is 6. The lowest BCUT2D eigenvalue weighted by atomic mass is 10.3. The van der Waals surface area contributed by atoms with Gasteiger partial charge < -0.3 is 19.7 Å². The average Bonchev–Trinajstić information content (AvgIpc) is 2.31. The Balaban J connectivity index is 2.68. The highest BCUT2D eigenvalue weighted by Gasteiger charge is 2.09. The van der Waals surface area contributed by atoms with E-state index in [9.17, 15) is 14.4 Å². The van der Waals surface area contributed by atoms with Crippen molar-refractivity contribution in [2.45, 2.75) is 6.54 Å². The Bertz CT molecular complexity index is 494. The lowest BCUT2D eigenvalue weighted by molar-refractivity contribution is -0.121. The number of hydrogen-bond donors (Lipinski definition) is 2. The number of amides is 1. The zero-order valence-corrected chi connectivity index (χ0v) is 9.88. The highest BCUT2D eigenvalue weighted by Crippen LogP contribution is 1.93. The van der Waals surface area contributed by atoms with E-state index >= 15 is 0 Å². The number of carboxylic acids is 1. The fraction of sp³-hybridized carbons (Fsp3) is 0.364. The predicted octanol–water partition coefficient (Wildman–Crippen LogP) is -0.691. The predicted molar refractivity (Wildman–Crippen MR) is 62.5 cm³/mol. The quantitative estimate of drug-likeness (QED) is 0.655. The molecule has 18 heavy (non-hydrogen) atoms. The van der Waals surface area contributed by atoms with Crippen LogP contribution in [0.4, 0.5) is 0 Å². The first-order valence-corrected chi connectivity index (χ1v) is 5.23.